The standard InChI is InChI=1S/C13H20O/c1-9-7-10(2)13(11(3)8-9)6-5-12(4)14/h5-7,10-11,13H,8H2,1-4H3/b6-5-/t10-,11+,13-/m1/s1. The molecule has 0 unspecified atom stereocenters. The first-order valence-electron chi connectivity index (χ1n) is 5.36. The molecule has 78 valence electrons. The van der Waals surface area contributed by atoms with Crippen molar-refractivity contribution < 1.29 is 4.79 Å². The predicted octanol–water partition coefficient (Wildman–Crippen LogP) is 3.37. The number of allylic oxidation sites excluding steroid dienone is 4. The quantitative estimate of drug-likeness (QED) is 0.484. The SMILES string of the molecule is CC(=O)/C=C\[C@@H]1[C@H](C)C=C(C)C[C@@H]1C. The Hall–Kier alpha value is -0.850. The highest BCUT2D eigenvalue weighted by atomic mass is 16.1. The van der Waals surface area contributed by atoms with E-state index < -0.39 is 0 Å². The van der Waals surface area contributed by atoms with E-state index >= 15 is 0 Å². The highest BCUT2D eigenvalue weighted by Crippen LogP contribution is 2.34. The van der Waals surface area contributed by atoms with Gasteiger partial charge in [0.05, 0.1) is 0 Å². The van der Waals surface area contributed by atoms with Gasteiger partial charge in [-0.1, -0.05) is 31.6 Å². The lowest BCUT2D eigenvalue weighted by atomic mass is 9.75. The molecule has 0 radical (unpaired) electrons. The zero-order chi connectivity index (χ0) is 10.7. The molecule has 1 aliphatic carbocycles. The van der Waals surface area contributed by atoms with Crippen LogP contribution in [0.4, 0.5) is 0 Å². The average Bonchev–Trinajstić information content (AvgIpc) is 2.01. The van der Waals surface area contributed by atoms with Crippen molar-refractivity contribution >= 4 is 5.78 Å². The third-order valence-electron chi connectivity index (χ3n) is 3.01. The third kappa shape index (κ3) is 2.83. The zero-order valence-corrected chi connectivity index (χ0v) is 9.58. The molecule has 1 rings (SSSR count). The molecule has 0 aromatic heterocycles. The Kier molecular flexibility index (Phi) is 3.68. The summed E-state index contributed by atoms with van der Waals surface area (Å²) in [6, 6.07) is 0. The lowest BCUT2D eigenvalue weighted by Crippen LogP contribution is -2.21. The summed E-state index contributed by atoms with van der Waals surface area (Å²) >= 11 is 0. The van der Waals surface area contributed by atoms with Crippen LogP contribution in [0.1, 0.15) is 34.1 Å². The molecular weight excluding hydrogens is 172 g/mol. The Bertz CT molecular complexity index is 273. The lowest BCUT2D eigenvalue weighted by molar-refractivity contribution is -0.112. The molecule has 1 nitrogen and oxygen atoms in total. The Morgan fingerprint density at radius 3 is 2.64 bits per heavy atom. The maximum Gasteiger partial charge on any atom is 0.152 e. The minimum Gasteiger partial charge on any atom is -0.295 e. The minimum atomic E-state index is 0.149. The Labute approximate surface area is 86.9 Å². The number of hydrogen-bond donors (Lipinski definition) is 0. The van der Waals surface area contributed by atoms with Crippen LogP contribution in [0.15, 0.2) is 23.8 Å². The second kappa shape index (κ2) is 4.59. The van der Waals surface area contributed by atoms with Crippen LogP contribution in [0.3, 0.4) is 0 Å². The summed E-state index contributed by atoms with van der Waals surface area (Å²) in [5.41, 5.74) is 1.48. The summed E-state index contributed by atoms with van der Waals surface area (Å²) in [7, 11) is 0. The van der Waals surface area contributed by atoms with Crippen molar-refractivity contribution in [2.45, 2.75) is 34.1 Å². The molecule has 0 bridgehead atoms. The first-order valence-corrected chi connectivity index (χ1v) is 5.36. The summed E-state index contributed by atoms with van der Waals surface area (Å²) in [5.74, 6) is 1.90. The number of ketones is 1. The molecule has 0 aromatic rings. The molecule has 0 saturated carbocycles. The van der Waals surface area contributed by atoms with Gasteiger partial charge in [-0.2, -0.15) is 0 Å². The van der Waals surface area contributed by atoms with Gasteiger partial charge in [-0.3, -0.25) is 4.79 Å². The third-order valence-corrected chi connectivity index (χ3v) is 3.01. The average molecular weight is 192 g/mol. The maximum absolute atomic E-state index is 10.9. The largest absolute Gasteiger partial charge is 0.295 e. The Morgan fingerprint density at radius 1 is 1.50 bits per heavy atom. The molecule has 0 saturated heterocycles. The molecule has 0 N–H and O–H groups in total. The number of carbonyl (C=O) groups is 1. The van der Waals surface area contributed by atoms with E-state index in [0.717, 1.165) is 6.42 Å². The van der Waals surface area contributed by atoms with Crippen LogP contribution in [-0.4, -0.2) is 5.78 Å². The van der Waals surface area contributed by atoms with E-state index in [9.17, 15) is 4.79 Å². The van der Waals surface area contributed by atoms with Crippen molar-refractivity contribution in [3.8, 4) is 0 Å². The number of rotatable bonds is 2. The van der Waals surface area contributed by atoms with Crippen molar-refractivity contribution in [3.63, 3.8) is 0 Å². The molecule has 3 atom stereocenters. The van der Waals surface area contributed by atoms with E-state index in [0.29, 0.717) is 17.8 Å². The molecule has 0 amide bonds. The van der Waals surface area contributed by atoms with Gasteiger partial charge in [0.15, 0.2) is 5.78 Å². The topological polar surface area (TPSA) is 17.1 Å². The molecule has 1 heteroatoms. The molecule has 0 spiro atoms. The van der Waals surface area contributed by atoms with E-state index in [-0.39, 0.29) is 5.78 Å². The molecule has 14 heavy (non-hydrogen) atoms. The first-order chi connectivity index (χ1) is 6.50. The molecule has 0 heterocycles. The van der Waals surface area contributed by atoms with Crippen LogP contribution in [0.5, 0.6) is 0 Å². The smallest absolute Gasteiger partial charge is 0.152 e. The van der Waals surface area contributed by atoms with Gasteiger partial charge >= 0.3 is 0 Å². The van der Waals surface area contributed by atoms with E-state index in [1.807, 2.05) is 0 Å². The fourth-order valence-corrected chi connectivity index (χ4v) is 2.40. The number of hydrogen-bond acceptors (Lipinski definition) is 1. The van der Waals surface area contributed by atoms with E-state index in [1.54, 1.807) is 13.0 Å². The van der Waals surface area contributed by atoms with Gasteiger partial charge in [-0.25, -0.2) is 0 Å². The van der Waals surface area contributed by atoms with Crippen LogP contribution in [-0.2, 0) is 4.79 Å². The van der Waals surface area contributed by atoms with Gasteiger partial charge in [0.2, 0.25) is 0 Å². The summed E-state index contributed by atoms with van der Waals surface area (Å²) in [6.07, 6.45) is 7.29. The fourth-order valence-electron chi connectivity index (χ4n) is 2.40. The summed E-state index contributed by atoms with van der Waals surface area (Å²) in [5, 5.41) is 0. The highest BCUT2D eigenvalue weighted by Gasteiger charge is 2.24. The van der Waals surface area contributed by atoms with Gasteiger partial charge in [0.1, 0.15) is 0 Å². The van der Waals surface area contributed by atoms with E-state index in [2.05, 4.69) is 32.9 Å². The molecular formula is C13H20O. The highest BCUT2D eigenvalue weighted by molar-refractivity contribution is 5.87. The summed E-state index contributed by atoms with van der Waals surface area (Å²) < 4.78 is 0. The van der Waals surface area contributed by atoms with E-state index in [1.165, 1.54) is 5.57 Å². The van der Waals surface area contributed by atoms with Crippen molar-refractivity contribution in [3.05, 3.63) is 23.8 Å². The normalized spacial score (nSPS) is 33.1. The summed E-state index contributed by atoms with van der Waals surface area (Å²) in [4.78, 5) is 10.9. The van der Waals surface area contributed by atoms with Crippen molar-refractivity contribution in [1.82, 2.24) is 0 Å². The predicted molar refractivity (Wildman–Crippen MR) is 60.0 cm³/mol. The van der Waals surface area contributed by atoms with Gasteiger partial charge in [0.25, 0.3) is 0 Å². The summed E-state index contributed by atoms with van der Waals surface area (Å²) in [6.45, 7) is 8.30. The minimum absolute atomic E-state index is 0.149. The van der Waals surface area contributed by atoms with Crippen molar-refractivity contribution in [2.24, 2.45) is 17.8 Å². The van der Waals surface area contributed by atoms with Crippen molar-refractivity contribution in [2.75, 3.05) is 0 Å². The first kappa shape index (κ1) is 11.2. The molecule has 0 aliphatic heterocycles. The van der Waals surface area contributed by atoms with Crippen LogP contribution in [0.2, 0.25) is 0 Å². The van der Waals surface area contributed by atoms with E-state index in [4.69, 9.17) is 0 Å². The molecule has 0 fully saturated rings. The Balaban J connectivity index is 2.74. The monoisotopic (exact) mass is 192 g/mol. The van der Waals surface area contributed by atoms with Crippen molar-refractivity contribution in [1.29, 1.82) is 0 Å². The van der Waals surface area contributed by atoms with Crippen LogP contribution in [0, 0.1) is 17.8 Å². The van der Waals surface area contributed by atoms with Crippen LogP contribution >= 0.6 is 0 Å². The van der Waals surface area contributed by atoms with Crippen LogP contribution in [0.25, 0.3) is 0 Å². The second-order valence-corrected chi connectivity index (χ2v) is 4.60. The lowest BCUT2D eigenvalue weighted by Gasteiger charge is -2.30. The molecule has 0 aromatic carbocycles. The number of carbonyl (C=O) groups excluding carboxylic acids is 1. The van der Waals surface area contributed by atoms with Crippen LogP contribution < -0.4 is 0 Å². The van der Waals surface area contributed by atoms with Gasteiger partial charge in [-0.15, -0.1) is 0 Å². The molecule has 1 aliphatic rings. The maximum atomic E-state index is 10.9. The van der Waals surface area contributed by atoms with Gasteiger partial charge in [0, 0.05) is 0 Å². The van der Waals surface area contributed by atoms with Gasteiger partial charge < -0.3 is 0 Å². The fraction of sp³-hybridized carbons (Fsp3) is 0.615. The zero-order valence-electron chi connectivity index (χ0n) is 9.58. The second-order valence-electron chi connectivity index (χ2n) is 4.60. The van der Waals surface area contributed by atoms with Gasteiger partial charge in [-0.05, 0) is 44.1 Å². The Morgan fingerprint density at radius 2 is 2.14 bits per heavy atom.